The zero-order chi connectivity index (χ0) is 11.6. The summed E-state index contributed by atoms with van der Waals surface area (Å²) in [5.41, 5.74) is 4.58. The van der Waals surface area contributed by atoms with Gasteiger partial charge in [-0.05, 0) is 9.91 Å². The van der Waals surface area contributed by atoms with Gasteiger partial charge < -0.3 is 15.8 Å². The van der Waals surface area contributed by atoms with Crippen molar-refractivity contribution in [3.8, 4) is 0 Å². The van der Waals surface area contributed by atoms with Crippen LogP contribution in [0.2, 0.25) is 0 Å². The van der Waals surface area contributed by atoms with Gasteiger partial charge >= 0.3 is 5.82 Å². The highest BCUT2D eigenvalue weighted by Crippen LogP contribution is 2.31. The number of anilines is 1. The molecule has 0 saturated carbocycles. The summed E-state index contributed by atoms with van der Waals surface area (Å²) in [5, 5.41) is 10.5. The Hall–Kier alpha value is -1.31. The Bertz CT molecular complexity index is 400. The molecule has 1 aromatic rings. The molecule has 0 aliphatic heterocycles. The summed E-state index contributed by atoms with van der Waals surface area (Å²) in [6.07, 6.45) is -2.82. The number of alkyl halides is 3. The van der Waals surface area contributed by atoms with Gasteiger partial charge in [0.05, 0.1) is 5.56 Å². The summed E-state index contributed by atoms with van der Waals surface area (Å²) in [6.45, 7) is 0. The molecule has 0 aromatic carbocycles. The molecule has 0 atom stereocenters. The van der Waals surface area contributed by atoms with Gasteiger partial charge in [0.2, 0.25) is 5.82 Å². The van der Waals surface area contributed by atoms with Crippen molar-refractivity contribution < 1.29 is 13.7 Å². The molecule has 0 radical (unpaired) electrons. The number of hydrogen-bond donors (Lipinski definition) is 1. The molecule has 1 rings (SSSR count). The quantitative estimate of drug-likeness (QED) is 0.524. The van der Waals surface area contributed by atoms with E-state index in [1.165, 1.54) is 0 Å². The van der Waals surface area contributed by atoms with Crippen molar-refractivity contribution in [2.45, 2.75) is 11.8 Å². The van der Waals surface area contributed by atoms with Crippen molar-refractivity contribution in [2.24, 2.45) is 0 Å². The van der Waals surface area contributed by atoms with E-state index in [1.54, 1.807) is 0 Å². The van der Waals surface area contributed by atoms with Crippen LogP contribution in [0.15, 0.2) is 6.07 Å². The fourth-order valence-electron chi connectivity index (χ4n) is 1.08. The molecule has 0 spiro atoms. The summed E-state index contributed by atoms with van der Waals surface area (Å²) >= 11 is 2.90. The second-order valence-corrected chi connectivity index (χ2v) is 3.19. The Morgan fingerprint density at radius 2 is 2.27 bits per heavy atom. The van der Waals surface area contributed by atoms with Crippen LogP contribution in [0, 0.1) is 10.1 Å². The summed E-state index contributed by atoms with van der Waals surface area (Å²) in [7, 11) is 0. The summed E-state index contributed by atoms with van der Waals surface area (Å²) in [6, 6.07) is 0.939. The van der Waals surface area contributed by atoms with Gasteiger partial charge in [-0.2, -0.15) is 0 Å². The molecule has 1 heterocycles. The van der Waals surface area contributed by atoms with E-state index < -0.39 is 22.7 Å². The van der Waals surface area contributed by atoms with Crippen LogP contribution in [-0.2, 0) is 5.33 Å². The molecule has 5 nitrogen and oxygen atoms in total. The third-order valence-electron chi connectivity index (χ3n) is 1.70. The molecule has 82 valence electrons. The minimum atomic E-state index is -2.82. The van der Waals surface area contributed by atoms with Crippen LogP contribution >= 0.6 is 15.9 Å². The Labute approximate surface area is 91.6 Å². The maximum absolute atomic E-state index is 12.5. The molecule has 0 bridgehead atoms. The first-order valence-electron chi connectivity index (χ1n) is 3.75. The van der Waals surface area contributed by atoms with Gasteiger partial charge in [-0.1, -0.05) is 15.9 Å². The molecular weight excluding hydrogens is 276 g/mol. The van der Waals surface area contributed by atoms with E-state index in [9.17, 15) is 18.9 Å². The van der Waals surface area contributed by atoms with E-state index in [4.69, 9.17) is 5.73 Å². The lowest BCUT2D eigenvalue weighted by Crippen LogP contribution is -2.05. The van der Waals surface area contributed by atoms with Crippen molar-refractivity contribution in [3.05, 3.63) is 27.3 Å². The number of nitro groups is 1. The van der Waals surface area contributed by atoms with Crippen molar-refractivity contribution >= 4 is 27.6 Å². The van der Waals surface area contributed by atoms with Gasteiger partial charge in [0.1, 0.15) is 0 Å². The number of halogens is 3. The second kappa shape index (κ2) is 4.47. The predicted molar refractivity (Wildman–Crippen MR) is 52.9 cm³/mol. The monoisotopic (exact) mass is 281 g/mol. The van der Waals surface area contributed by atoms with Gasteiger partial charge in [-0.25, -0.2) is 8.78 Å². The minimum absolute atomic E-state index is 0.0731. The number of aromatic nitrogens is 1. The first kappa shape index (κ1) is 11.8. The van der Waals surface area contributed by atoms with E-state index in [1.807, 2.05) is 0 Å². The van der Waals surface area contributed by atoms with Crippen LogP contribution in [-0.4, -0.2) is 9.91 Å². The van der Waals surface area contributed by atoms with E-state index in [0.717, 1.165) is 6.07 Å². The highest BCUT2D eigenvalue weighted by Gasteiger charge is 2.25. The summed E-state index contributed by atoms with van der Waals surface area (Å²) in [4.78, 5) is 13.1. The van der Waals surface area contributed by atoms with Crippen molar-refractivity contribution in [2.75, 3.05) is 5.73 Å². The first-order valence-corrected chi connectivity index (χ1v) is 4.87. The highest BCUT2D eigenvalue weighted by molar-refractivity contribution is 9.08. The van der Waals surface area contributed by atoms with Crippen LogP contribution in [0.5, 0.6) is 0 Å². The summed E-state index contributed by atoms with van der Waals surface area (Å²) in [5.74, 6) is -0.927. The van der Waals surface area contributed by atoms with Crippen molar-refractivity contribution in [3.63, 3.8) is 0 Å². The number of hydrogen-bond acceptors (Lipinski definition) is 4. The Balaban J connectivity index is 3.45. The Morgan fingerprint density at radius 1 is 1.67 bits per heavy atom. The fraction of sp³-hybridized carbons (Fsp3) is 0.286. The molecular formula is C7H6BrF2N3O2. The lowest BCUT2D eigenvalue weighted by atomic mass is 10.1. The fourth-order valence-corrected chi connectivity index (χ4v) is 1.65. The molecule has 15 heavy (non-hydrogen) atoms. The highest BCUT2D eigenvalue weighted by atomic mass is 79.9. The topological polar surface area (TPSA) is 82.0 Å². The van der Waals surface area contributed by atoms with Crippen molar-refractivity contribution in [1.82, 2.24) is 4.98 Å². The normalized spacial score (nSPS) is 10.7. The lowest BCUT2D eigenvalue weighted by Gasteiger charge is -2.06. The number of nitrogens with two attached hydrogens (primary N) is 1. The second-order valence-electron chi connectivity index (χ2n) is 2.63. The molecule has 0 aliphatic carbocycles. The largest absolute Gasteiger partial charge is 0.370 e. The van der Waals surface area contributed by atoms with Crippen LogP contribution in [0.25, 0.3) is 0 Å². The van der Waals surface area contributed by atoms with Gasteiger partial charge in [0.15, 0.2) is 0 Å². The molecule has 8 heteroatoms. The molecule has 2 N–H and O–H groups in total. The third kappa shape index (κ3) is 2.38. The van der Waals surface area contributed by atoms with Crippen LogP contribution in [0.1, 0.15) is 17.6 Å². The minimum Gasteiger partial charge on any atom is -0.363 e. The third-order valence-corrected chi connectivity index (χ3v) is 2.26. The van der Waals surface area contributed by atoms with E-state index in [-0.39, 0.29) is 16.7 Å². The molecule has 0 aliphatic rings. The zero-order valence-electron chi connectivity index (χ0n) is 7.28. The number of nitrogens with zero attached hydrogens (tertiary/aromatic N) is 2. The van der Waals surface area contributed by atoms with Crippen LogP contribution in [0.3, 0.4) is 0 Å². The van der Waals surface area contributed by atoms with E-state index >= 15 is 0 Å². The van der Waals surface area contributed by atoms with Gasteiger partial charge in [0.25, 0.3) is 6.43 Å². The predicted octanol–water partition coefficient (Wildman–Crippen LogP) is 2.40. The van der Waals surface area contributed by atoms with Crippen LogP contribution < -0.4 is 5.73 Å². The number of nitrogen functional groups attached to an aromatic ring is 1. The molecule has 0 fully saturated rings. The number of pyridine rings is 1. The Kier molecular flexibility index (Phi) is 3.51. The molecule has 0 saturated heterocycles. The summed E-state index contributed by atoms with van der Waals surface area (Å²) < 4.78 is 25.0. The standard InChI is InChI=1S/C7H6BrF2N3O2/c8-2-4-3(6(9)10)1-5(11)12-7(4)13(14)15/h1,6H,2H2,(H2,11,12). The Morgan fingerprint density at radius 3 is 2.67 bits per heavy atom. The average molecular weight is 282 g/mol. The van der Waals surface area contributed by atoms with Crippen molar-refractivity contribution in [1.29, 1.82) is 0 Å². The molecule has 0 amide bonds. The zero-order valence-corrected chi connectivity index (χ0v) is 8.87. The van der Waals surface area contributed by atoms with Gasteiger partial charge in [-0.3, -0.25) is 0 Å². The van der Waals surface area contributed by atoms with Gasteiger partial charge in [-0.15, -0.1) is 0 Å². The van der Waals surface area contributed by atoms with Crippen LogP contribution in [0.4, 0.5) is 20.4 Å². The smallest absolute Gasteiger partial charge is 0.363 e. The van der Waals surface area contributed by atoms with E-state index in [0.29, 0.717) is 0 Å². The van der Waals surface area contributed by atoms with Gasteiger partial charge in [0, 0.05) is 17.0 Å². The first-order chi connectivity index (χ1) is 6.97. The average Bonchev–Trinajstić information content (AvgIpc) is 2.16. The molecule has 0 unspecified atom stereocenters. The lowest BCUT2D eigenvalue weighted by molar-refractivity contribution is -0.390. The SMILES string of the molecule is Nc1cc(C(F)F)c(CBr)c([N+](=O)[O-])n1. The number of rotatable bonds is 3. The maximum Gasteiger partial charge on any atom is 0.370 e. The molecule has 1 aromatic heterocycles. The maximum atomic E-state index is 12.5. The van der Waals surface area contributed by atoms with E-state index in [2.05, 4.69) is 20.9 Å².